The number of nitrogens with one attached hydrogen (secondary N) is 1. The average Bonchev–Trinajstić information content (AvgIpc) is 3.62. The predicted molar refractivity (Wildman–Crippen MR) is 132 cm³/mol. The minimum Gasteiger partial charge on any atom is -0.347 e. The lowest BCUT2D eigenvalue weighted by molar-refractivity contribution is -0.117. The molecule has 0 aromatic heterocycles. The van der Waals surface area contributed by atoms with Crippen LogP contribution in [0, 0.1) is 0 Å². The molecule has 6 nitrogen and oxygen atoms in total. The number of rotatable bonds is 6. The van der Waals surface area contributed by atoms with Crippen molar-refractivity contribution in [3.05, 3.63) is 83.9 Å². The van der Waals surface area contributed by atoms with Crippen LogP contribution in [0.1, 0.15) is 41.1 Å². The van der Waals surface area contributed by atoms with E-state index >= 15 is 0 Å². The summed E-state index contributed by atoms with van der Waals surface area (Å²) in [7, 11) is -3.37. The fourth-order valence-electron chi connectivity index (χ4n) is 4.50. The van der Waals surface area contributed by atoms with E-state index in [9.17, 15) is 18.0 Å². The first-order valence-electron chi connectivity index (χ1n) is 11.4. The molecule has 5 rings (SSSR count). The SMILES string of the molecule is CS(=O)(=O)c1ccccc1-c1ccc(N2CC(NC(=O)c3ccc(C4CC4)cc3)CC2=O)cc1. The van der Waals surface area contributed by atoms with Crippen molar-refractivity contribution < 1.29 is 18.0 Å². The van der Waals surface area contributed by atoms with E-state index in [1.165, 1.54) is 24.7 Å². The highest BCUT2D eigenvalue weighted by molar-refractivity contribution is 7.90. The van der Waals surface area contributed by atoms with Crippen LogP contribution in [-0.4, -0.2) is 39.1 Å². The summed E-state index contributed by atoms with van der Waals surface area (Å²) in [6.45, 7) is 0.393. The van der Waals surface area contributed by atoms with E-state index < -0.39 is 9.84 Å². The lowest BCUT2D eigenvalue weighted by Gasteiger charge is -2.18. The van der Waals surface area contributed by atoms with Gasteiger partial charge in [0.2, 0.25) is 5.91 Å². The van der Waals surface area contributed by atoms with Gasteiger partial charge in [0.15, 0.2) is 9.84 Å². The number of sulfone groups is 1. The number of hydrogen-bond acceptors (Lipinski definition) is 4. The molecule has 7 heteroatoms. The number of benzene rings is 3. The molecular weight excluding hydrogens is 448 g/mol. The lowest BCUT2D eigenvalue weighted by Crippen LogP contribution is -2.37. The summed E-state index contributed by atoms with van der Waals surface area (Å²) in [5, 5.41) is 2.98. The Morgan fingerprint density at radius 1 is 0.941 bits per heavy atom. The van der Waals surface area contributed by atoms with Crippen LogP contribution in [0.4, 0.5) is 5.69 Å². The summed E-state index contributed by atoms with van der Waals surface area (Å²) in [6, 6.07) is 21.6. The Morgan fingerprint density at radius 2 is 1.62 bits per heavy atom. The van der Waals surface area contributed by atoms with Crippen molar-refractivity contribution in [1.29, 1.82) is 0 Å². The summed E-state index contributed by atoms with van der Waals surface area (Å²) >= 11 is 0. The summed E-state index contributed by atoms with van der Waals surface area (Å²) in [5.74, 6) is 0.415. The molecule has 1 saturated carbocycles. The van der Waals surface area contributed by atoms with Crippen molar-refractivity contribution in [2.45, 2.75) is 36.1 Å². The van der Waals surface area contributed by atoms with Gasteiger partial charge in [-0.1, -0.05) is 42.5 Å². The Balaban J connectivity index is 1.27. The van der Waals surface area contributed by atoms with Crippen molar-refractivity contribution in [3.8, 4) is 11.1 Å². The summed E-state index contributed by atoms with van der Waals surface area (Å²) in [6.07, 6.45) is 3.87. The first-order chi connectivity index (χ1) is 16.3. The fraction of sp³-hybridized carbons (Fsp3) is 0.259. The molecule has 1 atom stereocenters. The first kappa shape index (κ1) is 22.3. The monoisotopic (exact) mass is 474 g/mol. The summed E-state index contributed by atoms with van der Waals surface area (Å²) in [5.41, 5.74) is 3.99. The van der Waals surface area contributed by atoms with Crippen molar-refractivity contribution in [3.63, 3.8) is 0 Å². The summed E-state index contributed by atoms with van der Waals surface area (Å²) in [4.78, 5) is 27.3. The second kappa shape index (κ2) is 8.72. The molecule has 2 amide bonds. The fourth-order valence-corrected chi connectivity index (χ4v) is 5.41. The van der Waals surface area contributed by atoms with E-state index in [1.54, 1.807) is 29.2 Å². The molecular formula is C27H26N2O4S. The zero-order valence-electron chi connectivity index (χ0n) is 18.9. The molecule has 3 aromatic rings. The number of nitrogens with zero attached hydrogens (tertiary/aromatic N) is 1. The van der Waals surface area contributed by atoms with Crippen molar-refractivity contribution in [2.24, 2.45) is 0 Å². The Labute approximate surface area is 199 Å². The standard InChI is InChI=1S/C27H26N2O4S/c1-34(32,33)25-5-3-2-4-24(25)20-12-14-23(15-13-20)29-17-22(16-26(29)30)28-27(31)21-10-8-19(9-11-21)18-6-7-18/h2-5,8-15,18,22H,6-7,16-17H2,1H3,(H,28,31). The van der Waals surface area contributed by atoms with Gasteiger partial charge in [0.1, 0.15) is 0 Å². The average molecular weight is 475 g/mol. The number of carbonyl (C=O) groups is 2. The van der Waals surface area contributed by atoms with Gasteiger partial charge in [-0.3, -0.25) is 9.59 Å². The second-order valence-electron chi connectivity index (χ2n) is 9.09. The second-order valence-corrected chi connectivity index (χ2v) is 11.1. The Bertz CT molecular complexity index is 1340. The Hall–Kier alpha value is -3.45. The molecule has 1 aliphatic carbocycles. The first-order valence-corrected chi connectivity index (χ1v) is 13.3. The maximum Gasteiger partial charge on any atom is 0.251 e. The largest absolute Gasteiger partial charge is 0.347 e. The molecule has 34 heavy (non-hydrogen) atoms. The number of carbonyl (C=O) groups excluding carboxylic acids is 2. The molecule has 2 aliphatic rings. The van der Waals surface area contributed by atoms with Gasteiger partial charge in [0, 0.05) is 36.0 Å². The molecule has 1 N–H and O–H groups in total. The molecule has 0 radical (unpaired) electrons. The molecule has 1 saturated heterocycles. The van der Waals surface area contributed by atoms with Gasteiger partial charge in [-0.15, -0.1) is 0 Å². The zero-order chi connectivity index (χ0) is 23.9. The van der Waals surface area contributed by atoms with E-state index in [-0.39, 0.29) is 29.2 Å². The third-order valence-electron chi connectivity index (χ3n) is 6.46. The Morgan fingerprint density at radius 3 is 2.26 bits per heavy atom. The Kier molecular flexibility index (Phi) is 5.73. The number of amides is 2. The van der Waals surface area contributed by atoms with Gasteiger partial charge in [-0.05, 0) is 60.2 Å². The van der Waals surface area contributed by atoms with E-state index in [2.05, 4.69) is 5.32 Å². The quantitative estimate of drug-likeness (QED) is 0.581. The molecule has 2 fully saturated rings. The number of anilines is 1. The highest BCUT2D eigenvalue weighted by atomic mass is 32.2. The maximum absolute atomic E-state index is 12.7. The molecule has 1 heterocycles. The van der Waals surface area contributed by atoms with E-state index in [4.69, 9.17) is 0 Å². The molecule has 1 unspecified atom stereocenters. The van der Waals surface area contributed by atoms with Crippen molar-refractivity contribution >= 4 is 27.3 Å². The van der Waals surface area contributed by atoms with Crippen LogP contribution in [0.2, 0.25) is 0 Å². The van der Waals surface area contributed by atoms with Gasteiger partial charge in [-0.2, -0.15) is 0 Å². The highest BCUT2D eigenvalue weighted by Crippen LogP contribution is 2.40. The predicted octanol–water partition coefficient (Wildman–Crippen LogP) is 4.17. The topological polar surface area (TPSA) is 83.6 Å². The minimum atomic E-state index is -3.37. The van der Waals surface area contributed by atoms with Crippen molar-refractivity contribution in [1.82, 2.24) is 5.32 Å². The smallest absolute Gasteiger partial charge is 0.251 e. The van der Waals surface area contributed by atoms with E-state index in [0.29, 0.717) is 23.6 Å². The molecule has 3 aromatic carbocycles. The molecule has 0 bridgehead atoms. The number of hydrogen-bond donors (Lipinski definition) is 1. The van der Waals surface area contributed by atoms with Gasteiger partial charge in [0.05, 0.1) is 10.9 Å². The van der Waals surface area contributed by atoms with Crippen LogP contribution in [-0.2, 0) is 14.6 Å². The van der Waals surface area contributed by atoms with Crippen LogP contribution in [0.5, 0.6) is 0 Å². The van der Waals surface area contributed by atoms with Crippen LogP contribution >= 0.6 is 0 Å². The molecule has 0 spiro atoms. The van der Waals surface area contributed by atoms with Crippen LogP contribution in [0.15, 0.2) is 77.7 Å². The minimum absolute atomic E-state index is 0.0568. The molecule has 174 valence electrons. The van der Waals surface area contributed by atoms with Crippen molar-refractivity contribution in [2.75, 3.05) is 17.7 Å². The van der Waals surface area contributed by atoms with E-state index in [1.807, 2.05) is 48.5 Å². The van der Waals surface area contributed by atoms with Gasteiger partial charge in [0.25, 0.3) is 5.91 Å². The van der Waals surface area contributed by atoms with Gasteiger partial charge in [-0.25, -0.2) is 8.42 Å². The van der Waals surface area contributed by atoms with E-state index in [0.717, 1.165) is 11.3 Å². The highest BCUT2D eigenvalue weighted by Gasteiger charge is 2.32. The maximum atomic E-state index is 12.7. The normalized spacial score (nSPS) is 18.2. The summed E-state index contributed by atoms with van der Waals surface area (Å²) < 4.78 is 24.3. The third-order valence-corrected chi connectivity index (χ3v) is 7.61. The van der Waals surface area contributed by atoms with Gasteiger partial charge >= 0.3 is 0 Å². The van der Waals surface area contributed by atoms with Crippen LogP contribution in [0.25, 0.3) is 11.1 Å². The molecule has 1 aliphatic heterocycles. The third kappa shape index (κ3) is 4.61. The van der Waals surface area contributed by atoms with Crippen LogP contribution in [0.3, 0.4) is 0 Å². The lowest BCUT2D eigenvalue weighted by atomic mass is 10.1. The van der Waals surface area contributed by atoms with Crippen LogP contribution < -0.4 is 10.2 Å². The van der Waals surface area contributed by atoms with Gasteiger partial charge < -0.3 is 10.2 Å². The zero-order valence-corrected chi connectivity index (χ0v) is 19.7.